The van der Waals surface area contributed by atoms with Gasteiger partial charge in [-0.05, 0) is 49.1 Å². The van der Waals surface area contributed by atoms with Crippen LogP contribution in [0.4, 0.5) is 10.1 Å². The Balaban J connectivity index is 0.000000254. The number of hydrogen-bond acceptors (Lipinski definition) is 2. The summed E-state index contributed by atoms with van der Waals surface area (Å²) in [5, 5.41) is 2.94. The topological polar surface area (TPSA) is 38.3 Å². The Hall–Kier alpha value is -2.07. The van der Waals surface area contributed by atoms with E-state index in [1.807, 2.05) is 30.3 Å². The van der Waals surface area contributed by atoms with E-state index in [1.54, 1.807) is 13.2 Å². The molecule has 0 heterocycles. The Bertz CT molecular complexity index is 688. The molecule has 0 aliphatic heterocycles. The van der Waals surface area contributed by atoms with E-state index in [4.69, 9.17) is 16.3 Å². The van der Waals surface area contributed by atoms with Gasteiger partial charge in [-0.2, -0.15) is 0 Å². The van der Waals surface area contributed by atoms with Crippen LogP contribution in [0.25, 0.3) is 0 Å². The van der Waals surface area contributed by atoms with E-state index in [9.17, 15) is 9.18 Å². The number of para-hydroxylation sites is 1. The average Bonchev–Trinajstić information content (AvgIpc) is 2.66. The van der Waals surface area contributed by atoms with E-state index in [2.05, 4.69) is 5.32 Å². The highest BCUT2D eigenvalue weighted by molar-refractivity contribution is 6.30. The number of amides is 1. The van der Waals surface area contributed by atoms with E-state index in [1.165, 1.54) is 31.4 Å². The largest absolute Gasteiger partial charge is 0.497 e. The maximum atomic E-state index is 13.5. The number of methoxy groups -OCH3 is 1. The van der Waals surface area contributed by atoms with Crippen LogP contribution in [0.15, 0.2) is 48.5 Å². The summed E-state index contributed by atoms with van der Waals surface area (Å²) in [5.74, 6) is 0.768. The fraction of sp³-hybridized carbons (Fsp3) is 0.381. The molecule has 3 rings (SSSR count). The van der Waals surface area contributed by atoms with Gasteiger partial charge in [0.15, 0.2) is 0 Å². The zero-order chi connectivity index (χ0) is 18.8. The standard InChI is InChI=1S/C14H17ClFNO.C7H8O/c15-11-6-7-13(12(16)9-11)17-14(18)8-10-4-2-1-3-5-10;1-8-7-5-3-2-4-6-7/h6-7,9-10H,1-5,8H2,(H,17,18);2-6H,1H3. The molecule has 0 bridgehead atoms. The van der Waals surface area contributed by atoms with Crippen molar-refractivity contribution < 1.29 is 13.9 Å². The zero-order valence-electron chi connectivity index (χ0n) is 15.0. The van der Waals surface area contributed by atoms with E-state index >= 15 is 0 Å². The Kier molecular flexibility index (Phi) is 8.42. The summed E-state index contributed by atoms with van der Waals surface area (Å²) in [6.45, 7) is 0. The molecule has 1 amide bonds. The molecule has 1 N–H and O–H groups in total. The van der Waals surface area contributed by atoms with E-state index < -0.39 is 5.82 Å². The van der Waals surface area contributed by atoms with Gasteiger partial charge in [0.05, 0.1) is 12.8 Å². The van der Waals surface area contributed by atoms with Crippen LogP contribution in [-0.4, -0.2) is 13.0 Å². The number of carbonyl (C=O) groups is 1. The van der Waals surface area contributed by atoms with Crippen LogP contribution >= 0.6 is 11.6 Å². The van der Waals surface area contributed by atoms with Gasteiger partial charge in [-0.15, -0.1) is 0 Å². The molecule has 1 aliphatic carbocycles. The minimum Gasteiger partial charge on any atom is -0.497 e. The third-order valence-corrected chi connectivity index (χ3v) is 4.62. The number of benzene rings is 2. The summed E-state index contributed by atoms with van der Waals surface area (Å²) in [6, 6.07) is 14.0. The number of carbonyl (C=O) groups excluding carboxylic acids is 1. The Morgan fingerprint density at radius 2 is 1.85 bits per heavy atom. The third kappa shape index (κ3) is 7.04. The first-order chi connectivity index (χ1) is 12.6. The molecule has 0 aromatic heterocycles. The number of ether oxygens (including phenoxy) is 1. The molecule has 2 aromatic carbocycles. The monoisotopic (exact) mass is 377 g/mol. The number of halogens is 2. The molecule has 140 valence electrons. The molecular formula is C21H25ClFNO2. The molecule has 0 unspecified atom stereocenters. The second-order valence-electron chi connectivity index (χ2n) is 6.40. The minimum atomic E-state index is -0.487. The quantitative estimate of drug-likeness (QED) is 0.700. The molecule has 0 saturated heterocycles. The molecule has 26 heavy (non-hydrogen) atoms. The number of hydrogen-bond donors (Lipinski definition) is 1. The first-order valence-electron chi connectivity index (χ1n) is 8.92. The summed E-state index contributed by atoms with van der Waals surface area (Å²) < 4.78 is 18.4. The second-order valence-corrected chi connectivity index (χ2v) is 6.83. The molecule has 5 heteroatoms. The van der Waals surface area contributed by atoms with Crippen LogP contribution in [0.5, 0.6) is 5.75 Å². The summed E-state index contributed by atoms with van der Waals surface area (Å²) in [5.41, 5.74) is 0.209. The highest BCUT2D eigenvalue weighted by Gasteiger charge is 2.17. The normalized spacial score (nSPS) is 14.1. The van der Waals surface area contributed by atoms with Crippen molar-refractivity contribution in [2.24, 2.45) is 5.92 Å². The molecule has 0 spiro atoms. The fourth-order valence-corrected chi connectivity index (χ4v) is 3.16. The van der Waals surface area contributed by atoms with Gasteiger partial charge in [0, 0.05) is 11.4 Å². The zero-order valence-corrected chi connectivity index (χ0v) is 15.8. The number of rotatable bonds is 4. The molecule has 3 nitrogen and oxygen atoms in total. The molecule has 1 fully saturated rings. The maximum Gasteiger partial charge on any atom is 0.224 e. The van der Waals surface area contributed by atoms with Crippen LogP contribution in [0.1, 0.15) is 38.5 Å². The lowest BCUT2D eigenvalue weighted by molar-refractivity contribution is -0.117. The Morgan fingerprint density at radius 1 is 1.15 bits per heavy atom. The first kappa shape index (κ1) is 20.2. The molecule has 1 aliphatic rings. The summed E-state index contributed by atoms with van der Waals surface area (Å²) >= 11 is 5.66. The van der Waals surface area contributed by atoms with Crippen molar-refractivity contribution in [1.29, 1.82) is 0 Å². The van der Waals surface area contributed by atoms with E-state index in [-0.39, 0.29) is 11.6 Å². The van der Waals surface area contributed by atoms with Crippen molar-refractivity contribution in [1.82, 2.24) is 0 Å². The first-order valence-corrected chi connectivity index (χ1v) is 9.30. The van der Waals surface area contributed by atoms with Crippen molar-refractivity contribution in [3.8, 4) is 5.75 Å². The predicted octanol–water partition coefficient (Wildman–Crippen LogP) is 6.08. The summed E-state index contributed by atoms with van der Waals surface area (Å²) in [4.78, 5) is 11.8. The van der Waals surface area contributed by atoms with Crippen LogP contribution in [0.2, 0.25) is 5.02 Å². The summed E-state index contributed by atoms with van der Waals surface area (Å²) in [6.07, 6.45) is 6.37. The van der Waals surface area contributed by atoms with Crippen molar-refractivity contribution in [2.45, 2.75) is 38.5 Å². The van der Waals surface area contributed by atoms with Crippen molar-refractivity contribution in [3.05, 3.63) is 59.4 Å². The third-order valence-electron chi connectivity index (χ3n) is 4.38. The smallest absolute Gasteiger partial charge is 0.224 e. The lowest BCUT2D eigenvalue weighted by Crippen LogP contribution is -2.18. The number of nitrogens with one attached hydrogen (secondary N) is 1. The lowest BCUT2D eigenvalue weighted by Gasteiger charge is -2.20. The lowest BCUT2D eigenvalue weighted by atomic mass is 9.87. The predicted molar refractivity (Wildman–Crippen MR) is 104 cm³/mol. The van der Waals surface area contributed by atoms with E-state index in [0.29, 0.717) is 17.4 Å². The van der Waals surface area contributed by atoms with Gasteiger partial charge in [-0.25, -0.2) is 4.39 Å². The fourth-order valence-electron chi connectivity index (χ4n) is 3.00. The minimum absolute atomic E-state index is 0.108. The van der Waals surface area contributed by atoms with Gasteiger partial charge < -0.3 is 10.1 Å². The summed E-state index contributed by atoms with van der Waals surface area (Å²) in [7, 11) is 1.66. The average molecular weight is 378 g/mol. The van der Waals surface area contributed by atoms with Gasteiger partial charge in [-0.3, -0.25) is 4.79 Å². The van der Waals surface area contributed by atoms with Gasteiger partial charge in [-0.1, -0.05) is 49.1 Å². The molecule has 1 saturated carbocycles. The van der Waals surface area contributed by atoms with Crippen molar-refractivity contribution >= 4 is 23.2 Å². The van der Waals surface area contributed by atoms with Crippen molar-refractivity contribution in [2.75, 3.05) is 12.4 Å². The molecule has 0 atom stereocenters. The van der Waals surface area contributed by atoms with Gasteiger partial charge in [0.1, 0.15) is 11.6 Å². The Labute approximate surface area is 159 Å². The van der Waals surface area contributed by atoms with Gasteiger partial charge >= 0.3 is 0 Å². The molecular weight excluding hydrogens is 353 g/mol. The number of anilines is 1. The Morgan fingerprint density at radius 3 is 2.42 bits per heavy atom. The van der Waals surface area contributed by atoms with Gasteiger partial charge in [0.2, 0.25) is 5.91 Å². The second kappa shape index (κ2) is 10.8. The van der Waals surface area contributed by atoms with Crippen LogP contribution in [0.3, 0.4) is 0 Å². The molecule has 0 radical (unpaired) electrons. The SMILES string of the molecule is COc1ccccc1.O=C(CC1CCCCC1)Nc1ccc(Cl)cc1F. The highest BCUT2D eigenvalue weighted by Crippen LogP contribution is 2.27. The van der Waals surface area contributed by atoms with Crippen LogP contribution < -0.4 is 10.1 Å². The highest BCUT2D eigenvalue weighted by atomic mass is 35.5. The maximum absolute atomic E-state index is 13.5. The van der Waals surface area contributed by atoms with Crippen LogP contribution in [-0.2, 0) is 4.79 Å². The molecule has 2 aromatic rings. The van der Waals surface area contributed by atoms with Crippen molar-refractivity contribution in [3.63, 3.8) is 0 Å². The van der Waals surface area contributed by atoms with E-state index in [0.717, 1.165) is 18.6 Å². The van der Waals surface area contributed by atoms with Crippen LogP contribution in [0, 0.1) is 11.7 Å². The van der Waals surface area contributed by atoms with Gasteiger partial charge in [0.25, 0.3) is 0 Å².